The molecule has 2 aromatic heterocycles. The van der Waals surface area contributed by atoms with Crippen molar-refractivity contribution in [3.63, 3.8) is 0 Å². The minimum Gasteiger partial charge on any atom is -0.324 e. The van der Waals surface area contributed by atoms with Crippen LogP contribution in [0.1, 0.15) is 12.6 Å². The van der Waals surface area contributed by atoms with Gasteiger partial charge in [0.05, 0.1) is 11.4 Å². The zero-order chi connectivity index (χ0) is 18.0. The molecule has 9 heteroatoms. The number of rotatable bonds is 4. The topological polar surface area (TPSA) is 75.5 Å². The first-order valence-corrected chi connectivity index (χ1v) is 8.37. The Morgan fingerprint density at radius 3 is 2.92 bits per heavy atom. The number of nitrogens with one attached hydrogen (secondary N) is 2. The highest BCUT2D eigenvalue weighted by Gasteiger charge is 2.10. The van der Waals surface area contributed by atoms with Gasteiger partial charge in [0.25, 0.3) is 0 Å². The van der Waals surface area contributed by atoms with E-state index >= 15 is 0 Å². The molecule has 1 aromatic carbocycles. The Bertz CT molecular complexity index is 995. The monoisotopic (exact) mass is 378 g/mol. The van der Waals surface area contributed by atoms with Crippen LogP contribution in [0.4, 0.5) is 15.8 Å². The number of fused-ring (bicyclic) bond motifs is 1. The smallest absolute Gasteiger partial charge is 0.248 e. The van der Waals surface area contributed by atoms with Crippen LogP contribution in [0, 0.1) is 5.82 Å². The highest BCUT2D eigenvalue weighted by molar-refractivity contribution is 7.15. The standard InChI is InChI=1S/C16H12ClFN4O2S/c1-9(23)19-12-8-10(2-3-11(12)18)20-14(24)5-4-13-15(17)21-16-22(13)6-7-25-16/h2-8H,1H3,(H,19,23)(H,20,24)/b5-4+. The first-order chi connectivity index (χ1) is 11.9. The summed E-state index contributed by atoms with van der Waals surface area (Å²) in [6.07, 6.45) is 4.65. The van der Waals surface area contributed by atoms with Crippen LogP contribution in [0.15, 0.2) is 35.9 Å². The van der Waals surface area contributed by atoms with Crippen LogP contribution in [0.5, 0.6) is 0 Å². The maximum Gasteiger partial charge on any atom is 0.248 e. The number of nitrogens with zero attached hydrogens (tertiary/aromatic N) is 2. The van der Waals surface area contributed by atoms with Gasteiger partial charge in [-0.1, -0.05) is 11.6 Å². The van der Waals surface area contributed by atoms with Gasteiger partial charge in [-0.3, -0.25) is 14.0 Å². The minimum atomic E-state index is -0.588. The summed E-state index contributed by atoms with van der Waals surface area (Å²) in [4.78, 5) is 28.0. The Kier molecular flexibility index (Phi) is 4.82. The molecule has 0 atom stereocenters. The molecule has 6 nitrogen and oxygen atoms in total. The molecule has 0 fully saturated rings. The van der Waals surface area contributed by atoms with Gasteiger partial charge >= 0.3 is 0 Å². The number of anilines is 2. The number of hydrogen-bond donors (Lipinski definition) is 2. The Morgan fingerprint density at radius 1 is 1.36 bits per heavy atom. The third kappa shape index (κ3) is 3.86. The third-order valence-electron chi connectivity index (χ3n) is 3.19. The van der Waals surface area contributed by atoms with Crippen molar-refractivity contribution < 1.29 is 14.0 Å². The second-order valence-electron chi connectivity index (χ2n) is 5.04. The quantitative estimate of drug-likeness (QED) is 0.678. The van der Waals surface area contributed by atoms with E-state index in [1.54, 1.807) is 16.7 Å². The third-order valence-corrected chi connectivity index (χ3v) is 4.23. The number of aromatic nitrogens is 2. The van der Waals surface area contributed by atoms with Gasteiger partial charge in [-0.2, -0.15) is 0 Å². The fraction of sp³-hybridized carbons (Fsp3) is 0.0625. The van der Waals surface area contributed by atoms with Crippen LogP contribution in [0.3, 0.4) is 0 Å². The van der Waals surface area contributed by atoms with Crippen LogP contribution in [-0.4, -0.2) is 21.2 Å². The molecule has 0 aliphatic rings. The van der Waals surface area contributed by atoms with E-state index in [1.165, 1.54) is 36.5 Å². The SMILES string of the molecule is CC(=O)Nc1cc(NC(=O)/C=C/c2c(Cl)nc3sccn23)ccc1F. The van der Waals surface area contributed by atoms with E-state index in [2.05, 4.69) is 15.6 Å². The van der Waals surface area contributed by atoms with E-state index in [0.717, 1.165) is 11.0 Å². The minimum absolute atomic E-state index is 0.00639. The van der Waals surface area contributed by atoms with Gasteiger partial charge < -0.3 is 10.6 Å². The fourth-order valence-electron chi connectivity index (χ4n) is 2.15. The Balaban J connectivity index is 1.75. The molecule has 0 saturated heterocycles. The van der Waals surface area contributed by atoms with Crippen LogP contribution < -0.4 is 10.6 Å². The molecule has 0 aliphatic heterocycles. The molecule has 0 radical (unpaired) electrons. The number of halogens is 2. The van der Waals surface area contributed by atoms with Gasteiger partial charge in [0.15, 0.2) is 10.1 Å². The summed E-state index contributed by atoms with van der Waals surface area (Å²) in [5, 5.41) is 7.10. The maximum atomic E-state index is 13.6. The number of thiazole rings is 1. The number of amides is 2. The molecule has 0 spiro atoms. The van der Waals surface area contributed by atoms with Crippen LogP contribution >= 0.6 is 22.9 Å². The van der Waals surface area contributed by atoms with Crippen molar-refractivity contribution in [3.05, 3.63) is 52.5 Å². The highest BCUT2D eigenvalue weighted by atomic mass is 35.5. The number of carbonyl (C=O) groups excluding carboxylic acids is 2. The average molecular weight is 379 g/mol. The van der Waals surface area contributed by atoms with Gasteiger partial charge in [-0.25, -0.2) is 9.37 Å². The van der Waals surface area contributed by atoms with Crippen LogP contribution in [0.25, 0.3) is 11.0 Å². The molecule has 3 rings (SSSR count). The van der Waals surface area contributed by atoms with Gasteiger partial charge in [0.2, 0.25) is 11.8 Å². The summed E-state index contributed by atoms with van der Waals surface area (Å²) in [5.74, 6) is -1.42. The van der Waals surface area contributed by atoms with Gasteiger partial charge in [-0.15, -0.1) is 11.3 Å². The number of hydrogen-bond acceptors (Lipinski definition) is 4. The molecule has 25 heavy (non-hydrogen) atoms. The van der Waals surface area contributed by atoms with E-state index in [0.29, 0.717) is 16.5 Å². The lowest BCUT2D eigenvalue weighted by atomic mass is 10.2. The summed E-state index contributed by atoms with van der Waals surface area (Å²) in [6.45, 7) is 1.27. The van der Waals surface area contributed by atoms with E-state index in [4.69, 9.17) is 11.6 Å². The lowest BCUT2D eigenvalue weighted by molar-refractivity contribution is -0.114. The number of carbonyl (C=O) groups is 2. The molecular weight excluding hydrogens is 367 g/mol. The number of benzene rings is 1. The second-order valence-corrected chi connectivity index (χ2v) is 6.27. The van der Waals surface area contributed by atoms with E-state index in [9.17, 15) is 14.0 Å². The average Bonchev–Trinajstić information content (AvgIpc) is 3.09. The Labute approximate surface area is 150 Å². The summed E-state index contributed by atoms with van der Waals surface area (Å²) in [6, 6.07) is 3.90. The Morgan fingerprint density at radius 2 is 2.16 bits per heavy atom. The zero-order valence-electron chi connectivity index (χ0n) is 12.9. The van der Waals surface area contributed by atoms with Gasteiger partial charge in [0, 0.05) is 30.3 Å². The van der Waals surface area contributed by atoms with Crippen molar-refractivity contribution in [2.45, 2.75) is 6.92 Å². The Hall–Kier alpha value is -2.71. The first kappa shape index (κ1) is 17.1. The maximum absolute atomic E-state index is 13.6. The lowest BCUT2D eigenvalue weighted by Crippen LogP contribution is -2.11. The van der Waals surface area contributed by atoms with Crippen molar-refractivity contribution >= 4 is 57.2 Å². The number of imidazole rings is 1. The molecule has 0 unspecified atom stereocenters. The summed E-state index contributed by atoms with van der Waals surface area (Å²) < 4.78 is 15.4. The van der Waals surface area contributed by atoms with Crippen molar-refractivity contribution in [1.82, 2.24) is 9.38 Å². The van der Waals surface area contributed by atoms with E-state index in [-0.39, 0.29) is 5.69 Å². The summed E-state index contributed by atoms with van der Waals surface area (Å²) in [7, 11) is 0. The molecule has 128 valence electrons. The van der Waals surface area contributed by atoms with E-state index < -0.39 is 17.6 Å². The van der Waals surface area contributed by atoms with Crippen molar-refractivity contribution in [3.8, 4) is 0 Å². The second kappa shape index (κ2) is 7.04. The molecule has 2 N–H and O–H groups in total. The molecule has 0 aliphatic carbocycles. The van der Waals surface area contributed by atoms with Crippen molar-refractivity contribution in [2.24, 2.45) is 0 Å². The fourth-order valence-corrected chi connectivity index (χ4v) is 3.16. The summed E-state index contributed by atoms with van der Waals surface area (Å²) in [5.41, 5.74) is 0.930. The van der Waals surface area contributed by atoms with Crippen molar-refractivity contribution in [1.29, 1.82) is 0 Å². The lowest BCUT2D eigenvalue weighted by Gasteiger charge is -2.07. The van der Waals surface area contributed by atoms with Crippen LogP contribution in [0.2, 0.25) is 5.15 Å². The molecule has 3 aromatic rings. The normalized spacial score (nSPS) is 11.2. The molecule has 2 heterocycles. The van der Waals surface area contributed by atoms with E-state index in [1.807, 2.05) is 5.38 Å². The zero-order valence-corrected chi connectivity index (χ0v) is 14.5. The highest BCUT2D eigenvalue weighted by Crippen LogP contribution is 2.23. The van der Waals surface area contributed by atoms with Crippen LogP contribution in [-0.2, 0) is 9.59 Å². The predicted octanol–water partition coefficient (Wildman–Crippen LogP) is 3.80. The van der Waals surface area contributed by atoms with Gasteiger partial charge in [0.1, 0.15) is 5.82 Å². The molecule has 2 amide bonds. The van der Waals surface area contributed by atoms with Gasteiger partial charge in [-0.05, 0) is 24.3 Å². The largest absolute Gasteiger partial charge is 0.324 e. The molecule has 0 bridgehead atoms. The van der Waals surface area contributed by atoms with Crippen molar-refractivity contribution in [2.75, 3.05) is 10.6 Å². The summed E-state index contributed by atoms with van der Waals surface area (Å²) >= 11 is 7.48. The first-order valence-electron chi connectivity index (χ1n) is 7.11. The molecular formula is C16H12ClFN4O2S. The predicted molar refractivity (Wildman–Crippen MR) is 96.4 cm³/mol. The molecule has 0 saturated carbocycles.